The van der Waals surface area contributed by atoms with Gasteiger partial charge in [0.2, 0.25) is 0 Å². The van der Waals surface area contributed by atoms with Gasteiger partial charge in [-0.1, -0.05) is 0 Å². The fourth-order valence-electron chi connectivity index (χ4n) is 2.20. The van der Waals surface area contributed by atoms with E-state index in [1.54, 1.807) is 0 Å². The Kier molecular flexibility index (Phi) is 4.21. The second-order valence-electron chi connectivity index (χ2n) is 6.52. The van der Waals surface area contributed by atoms with E-state index < -0.39 is 24.3 Å². The Hall–Kier alpha value is -0.915. The molecule has 2 heterocycles. The average Bonchev–Trinajstić information content (AvgIpc) is 2.74. The van der Waals surface area contributed by atoms with Crippen LogP contribution in [0.5, 0.6) is 0 Å². The number of aryl methyl sites for hydroxylation is 2. The number of aliphatic carboxylic acids is 1. The van der Waals surface area contributed by atoms with Crippen LogP contribution in [0, 0.1) is 13.8 Å². The molecule has 1 aliphatic heterocycles. The lowest BCUT2D eigenvalue weighted by Crippen LogP contribution is -2.41. The first-order valence-electron chi connectivity index (χ1n) is 7.05. The summed E-state index contributed by atoms with van der Waals surface area (Å²) in [7, 11) is -0.587. The molecule has 0 saturated carbocycles. The zero-order chi connectivity index (χ0) is 16.0. The standard InChI is InChI=1S/C14H22BNO4S/c1-8-9(2)21-12(16-8)10(7-11(17)18)15-19-13(3,4)14(5,6)20-15/h10H,7H2,1-6H3,(H,17,18). The molecular weight excluding hydrogens is 289 g/mol. The largest absolute Gasteiger partial charge is 0.481 e. The second kappa shape index (κ2) is 5.37. The molecule has 0 spiro atoms. The number of carboxylic acids is 1. The van der Waals surface area contributed by atoms with Gasteiger partial charge in [-0.15, -0.1) is 11.3 Å². The Morgan fingerprint density at radius 3 is 2.19 bits per heavy atom. The van der Waals surface area contributed by atoms with Crippen molar-refractivity contribution in [3.05, 3.63) is 15.6 Å². The van der Waals surface area contributed by atoms with E-state index in [2.05, 4.69) is 4.98 Å². The van der Waals surface area contributed by atoms with E-state index in [1.165, 1.54) is 11.3 Å². The third-order valence-corrected chi connectivity index (χ3v) is 5.56. The first-order chi connectivity index (χ1) is 9.53. The Balaban J connectivity index is 2.32. The molecule has 2 rings (SSSR count). The summed E-state index contributed by atoms with van der Waals surface area (Å²) < 4.78 is 12.0. The third kappa shape index (κ3) is 3.15. The van der Waals surface area contributed by atoms with Crippen molar-refractivity contribution in [2.45, 2.75) is 65.0 Å². The minimum atomic E-state index is -0.875. The predicted octanol–water partition coefficient (Wildman–Crippen LogP) is 2.95. The molecule has 0 aliphatic carbocycles. The molecular formula is C14H22BNO4S. The number of carbonyl (C=O) groups is 1. The van der Waals surface area contributed by atoms with Gasteiger partial charge in [0.15, 0.2) is 0 Å². The van der Waals surface area contributed by atoms with Gasteiger partial charge in [0.1, 0.15) is 0 Å². The zero-order valence-corrected chi connectivity index (χ0v) is 14.2. The van der Waals surface area contributed by atoms with Gasteiger partial charge in [0, 0.05) is 4.88 Å². The van der Waals surface area contributed by atoms with Crippen LogP contribution in [0.15, 0.2) is 0 Å². The minimum absolute atomic E-state index is 0.0524. The Morgan fingerprint density at radius 1 is 1.29 bits per heavy atom. The molecule has 1 aromatic rings. The molecule has 1 saturated heterocycles. The molecule has 116 valence electrons. The highest BCUT2D eigenvalue weighted by atomic mass is 32.1. The van der Waals surface area contributed by atoms with E-state index in [4.69, 9.17) is 9.31 Å². The molecule has 0 aromatic carbocycles. The molecule has 0 radical (unpaired) electrons. The molecule has 1 aromatic heterocycles. The molecule has 21 heavy (non-hydrogen) atoms. The van der Waals surface area contributed by atoms with Crippen LogP contribution in [0.3, 0.4) is 0 Å². The van der Waals surface area contributed by atoms with Crippen LogP contribution >= 0.6 is 11.3 Å². The van der Waals surface area contributed by atoms with Gasteiger partial charge in [0.05, 0.1) is 34.1 Å². The topological polar surface area (TPSA) is 68.7 Å². The van der Waals surface area contributed by atoms with Gasteiger partial charge in [-0.05, 0) is 41.5 Å². The van der Waals surface area contributed by atoms with E-state index >= 15 is 0 Å². The smallest absolute Gasteiger partial charge is 0.468 e. The van der Waals surface area contributed by atoms with Gasteiger partial charge >= 0.3 is 13.1 Å². The monoisotopic (exact) mass is 311 g/mol. The number of hydrogen-bond donors (Lipinski definition) is 1. The van der Waals surface area contributed by atoms with Gasteiger partial charge in [-0.3, -0.25) is 4.79 Å². The van der Waals surface area contributed by atoms with Gasteiger partial charge in [-0.25, -0.2) is 4.98 Å². The van der Waals surface area contributed by atoms with E-state index in [0.717, 1.165) is 15.6 Å². The number of carboxylic acid groups (broad SMARTS) is 1. The molecule has 5 nitrogen and oxygen atoms in total. The first kappa shape index (κ1) is 16.5. The van der Waals surface area contributed by atoms with Crippen molar-refractivity contribution in [1.82, 2.24) is 4.98 Å². The Labute approximate surface area is 129 Å². The van der Waals surface area contributed by atoms with Crippen molar-refractivity contribution in [1.29, 1.82) is 0 Å². The normalized spacial score (nSPS) is 21.5. The number of aromatic nitrogens is 1. The molecule has 7 heteroatoms. The highest BCUT2D eigenvalue weighted by Crippen LogP contribution is 2.42. The summed E-state index contributed by atoms with van der Waals surface area (Å²) >= 11 is 1.52. The van der Waals surface area contributed by atoms with Crippen LogP contribution in [0.4, 0.5) is 0 Å². The lowest BCUT2D eigenvalue weighted by atomic mass is 9.70. The van der Waals surface area contributed by atoms with Crippen molar-refractivity contribution in [3.8, 4) is 0 Å². The molecule has 1 aliphatic rings. The summed E-state index contributed by atoms with van der Waals surface area (Å²) in [6.07, 6.45) is -0.0524. The van der Waals surface area contributed by atoms with Crippen LogP contribution in [0.2, 0.25) is 0 Å². The molecule has 1 unspecified atom stereocenters. The number of rotatable bonds is 4. The van der Waals surface area contributed by atoms with Crippen LogP contribution in [0.25, 0.3) is 0 Å². The molecule has 0 bridgehead atoms. The maximum atomic E-state index is 11.2. The van der Waals surface area contributed by atoms with Crippen molar-refractivity contribution in [2.24, 2.45) is 0 Å². The van der Waals surface area contributed by atoms with Gasteiger partial charge < -0.3 is 14.4 Å². The highest BCUT2D eigenvalue weighted by Gasteiger charge is 2.54. The van der Waals surface area contributed by atoms with Crippen molar-refractivity contribution in [2.75, 3.05) is 0 Å². The summed E-state index contributed by atoms with van der Waals surface area (Å²) in [6, 6.07) is 0. The maximum Gasteiger partial charge on any atom is 0.468 e. The fourth-order valence-corrected chi connectivity index (χ4v) is 3.23. The molecule has 1 N–H and O–H groups in total. The predicted molar refractivity (Wildman–Crippen MR) is 82.7 cm³/mol. The van der Waals surface area contributed by atoms with E-state index in [9.17, 15) is 9.90 Å². The second-order valence-corrected chi connectivity index (χ2v) is 7.76. The van der Waals surface area contributed by atoms with Crippen LogP contribution in [-0.4, -0.2) is 34.4 Å². The van der Waals surface area contributed by atoms with Gasteiger partial charge in [0.25, 0.3) is 0 Å². The number of thiazole rings is 1. The first-order valence-corrected chi connectivity index (χ1v) is 7.86. The summed E-state index contributed by atoms with van der Waals surface area (Å²) in [4.78, 5) is 16.8. The fraction of sp³-hybridized carbons (Fsp3) is 0.714. The number of hydrogen-bond acceptors (Lipinski definition) is 5. The lowest BCUT2D eigenvalue weighted by Gasteiger charge is -2.32. The summed E-state index contributed by atoms with van der Waals surface area (Å²) in [6.45, 7) is 11.8. The van der Waals surface area contributed by atoms with Crippen LogP contribution < -0.4 is 0 Å². The summed E-state index contributed by atoms with van der Waals surface area (Å²) in [5.74, 6) is -1.26. The highest BCUT2D eigenvalue weighted by molar-refractivity contribution is 7.12. The van der Waals surface area contributed by atoms with Crippen molar-refractivity contribution >= 4 is 24.4 Å². The van der Waals surface area contributed by atoms with Crippen LogP contribution in [-0.2, 0) is 14.1 Å². The van der Waals surface area contributed by atoms with Crippen LogP contribution in [0.1, 0.15) is 55.5 Å². The Morgan fingerprint density at radius 2 is 1.81 bits per heavy atom. The van der Waals surface area contributed by atoms with Gasteiger partial charge in [-0.2, -0.15) is 0 Å². The van der Waals surface area contributed by atoms with E-state index in [0.29, 0.717) is 0 Å². The quantitative estimate of drug-likeness (QED) is 0.866. The lowest BCUT2D eigenvalue weighted by molar-refractivity contribution is -0.137. The Bertz CT molecular complexity index is 520. The minimum Gasteiger partial charge on any atom is -0.481 e. The van der Waals surface area contributed by atoms with E-state index in [1.807, 2.05) is 41.5 Å². The SMILES string of the molecule is Cc1nc(C(CC(=O)O)B2OC(C)(C)C(C)(C)O2)sc1C. The molecule has 1 atom stereocenters. The van der Waals surface area contributed by atoms with Crippen molar-refractivity contribution < 1.29 is 19.2 Å². The summed E-state index contributed by atoms with van der Waals surface area (Å²) in [5.41, 5.74) is -0.0205. The van der Waals surface area contributed by atoms with E-state index in [-0.39, 0.29) is 12.2 Å². The van der Waals surface area contributed by atoms with Crippen molar-refractivity contribution in [3.63, 3.8) is 0 Å². The zero-order valence-electron chi connectivity index (χ0n) is 13.4. The molecule has 1 fully saturated rings. The number of nitrogens with zero attached hydrogens (tertiary/aromatic N) is 1. The average molecular weight is 311 g/mol. The summed E-state index contributed by atoms with van der Waals surface area (Å²) in [5, 5.41) is 9.98. The maximum absolute atomic E-state index is 11.2. The third-order valence-electron chi connectivity index (χ3n) is 4.36. The molecule has 0 amide bonds.